The third kappa shape index (κ3) is 4.99. The van der Waals surface area contributed by atoms with Crippen LogP contribution in [0.2, 0.25) is 0 Å². The Kier molecular flexibility index (Phi) is 5.90. The Balaban J connectivity index is 2.54. The van der Waals surface area contributed by atoms with E-state index in [9.17, 15) is 4.79 Å². The minimum Gasteiger partial charge on any atom is -0.469 e. The zero-order valence-electron chi connectivity index (χ0n) is 11.1. The van der Waals surface area contributed by atoms with E-state index in [0.29, 0.717) is 24.7 Å². The number of hydrogen-bond donors (Lipinski definition) is 2. The molecule has 1 rings (SSSR count). The lowest BCUT2D eigenvalue weighted by atomic mass is 10.4. The molecule has 0 aromatic carbocycles. The summed E-state index contributed by atoms with van der Waals surface area (Å²) in [4.78, 5) is 19.6. The van der Waals surface area contributed by atoms with Crippen molar-refractivity contribution in [1.29, 1.82) is 0 Å². The Bertz CT molecular complexity index is 396. The van der Waals surface area contributed by atoms with Crippen LogP contribution < -0.4 is 10.6 Å². The van der Waals surface area contributed by atoms with Crippen LogP contribution in [0.15, 0.2) is 6.07 Å². The molecule has 0 unspecified atom stereocenters. The molecule has 100 valence electrons. The highest BCUT2D eigenvalue weighted by molar-refractivity contribution is 5.69. The number of carbonyl (C=O) groups is 1. The Morgan fingerprint density at radius 2 is 2.11 bits per heavy atom. The highest BCUT2D eigenvalue weighted by Gasteiger charge is 2.03. The van der Waals surface area contributed by atoms with Crippen LogP contribution in [0.4, 0.5) is 11.8 Å². The lowest BCUT2D eigenvalue weighted by Crippen LogP contribution is -2.12. The SMILES string of the molecule is CCCNc1nc(C)cc(NCCC(=O)OC)n1. The molecule has 0 aliphatic carbocycles. The molecule has 0 atom stereocenters. The first-order valence-electron chi connectivity index (χ1n) is 6.06. The molecule has 0 aliphatic rings. The second-order valence-corrected chi connectivity index (χ2v) is 3.90. The highest BCUT2D eigenvalue weighted by Crippen LogP contribution is 2.09. The number of ether oxygens (including phenoxy) is 1. The maximum atomic E-state index is 11.0. The Morgan fingerprint density at radius 1 is 1.33 bits per heavy atom. The smallest absolute Gasteiger partial charge is 0.307 e. The van der Waals surface area contributed by atoms with Crippen molar-refractivity contribution in [3.63, 3.8) is 0 Å². The molecule has 0 radical (unpaired) electrons. The molecule has 0 saturated heterocycles. The van der Waals surface area contributed by atoms with Crippen molar-refractivity contribution in [2.24, 2.45) is 0 Å². The number of carbonyl (C=O) groups excluding carboxylic acids is 1. The number of esters is 1. The van der Waals surface area contributed by atoms with Gasteiger partial charge in [0.1, 0.15) is 5.82 Å². The maximum absolute atomic E-state index is 11.0. The monoisotopic (exact) mass is 252 g/mol. The molecule has 0 aliphatic heterocycles. The zero-order valence-corrected chi connectivity index (χ0v) is 11.1. The van der Waals surface area contributed by atoms with Gasteiger partial charge in [-0.2, -0.15) is 4.98 Å². The van der Waals surface area contributed by atoms with E-state index in [0.717, 1.165) is 18.7 Å². The number of methoxy groups -OCH3 is 1. The van der Waals surface area contributed by atoms with Crippen LogP contribution in [0.5, 0.6) is 0 Å². The third-order valence-corrected chi connectivity index (χ3v) is 2.25. The molecule has 6 nitrogen and oxygen atoms in total. The fourth-order valence-electron chi connectivity index (χ4n) is 1.37. The first-order valence-corrected chi connectivity index (χ1v) is 6.06. The van der Waals surface area contributed by atoms with Gasteiger partial charge < -0.3 is 15.4 Å². The van der Waals surface area contributed by atoms with Gasteiger partial charge in [0.25, 0.3) is 0 Å². The van der Waals surface area contributed by atoms with Gasteiger partial charge in [-0.3, -0.25) is 4.79 Å². The molecule has 0 spiro atoms. The number of aromatic nitrogens is 2. The molecule has 2 N–H and O–H groups in total. The predicted molar refractivity (Wildman–Crippen MR) is 70.7 cm³/mol. The van der Waals surface area contributed by atoms with Crippen molar-refractivity contribution in [3.05, 3.63) is 11.8 Å². The first-order chi connectivity index (χ1) is 8.65. The van der Waals surface area contributed by atoms with Crippen molar-refractivity contribution in [2.75, 3.05) is 30.8 Å². The zero-order chi connectivity index (χ0) is 13.4. The summed E-state index contributed by atoms with van der Waals surface area (Å²) in [6.07, 6.45) is 1.33. The Labute approximate surface area is 107 Å². The molecule has 0 bridgehead atoms. The Hall–Kier alpha value is -1.85. The van der Waals surface area contributed by atoms with Crippen molar-refractivity contribution in [1.82, 2.24) is 9.97 Å². The maximum Gasteiger partial charge on any atom is 0.307 e. The molecular formula is C12H20N4O2. The minimum atomic E-state index is -0.238. The normalized spacial score (nSPS) is 9.94. The highest BCUT2D eigenvalue weighted by atomic mass is 16.5. The third-order valence-electron chi connectivity index (χ3n) is 2.25. The fraction of sp³-hybridized carbons (Fsp3) is 0.583. The second kappa shape index (κ2) is 7.47. The van der Waals surface area contributed by atoms with Gasteiger partial charge in [-0.15, -0.1) is 0 Å². The van der Waals surface area contributed by atoms with Gasteiger partial charge in [0, 0.05) is 24.8 Å². The van der Waals surface area contributed by atoms with Crippen LogP contribution in [0, 0.1) is 6.92 Å². The minimum absolute atomic E-state index is 0.238. The summed E-state index contributed by atoms with van der Waals surface area (Å²) in [6.45, 7) is 5.32. The predicted octanol–water partition coefficient (Wildman–Crippen LogP) is 1.58. The molecule has 0 saturated carbocycles. The van der Waals surface area contributed by atoms with Crippen LogP contribution >= 0.6 is 0 Å². The van der Waals surface area contributed by atoms with E-state index in [-0.39, 0.29) is 5.97 Å². The van der Waals surface area contributed by atoms with E-state index in [1.165, 1.54) is 7.11 Å². The van der Waals surface area contributed by atoms with E-state index in [4.69, 9.17) is 0 Å². The van der Waals surface area contributed by atoms with Gasteiger partial charge >= 0.3 is 5.97 Å². The van der Waals surface area contributed by atoms with Gasteiger partial charge in [-0.1, -0.05) is 6.92 Å². The van der Waals surface area contributed by atoms with Crippen LogP contribution in [0.25, 0.3) is 0 Å². The van der Waals surface area contributed by atoms with E-state index in [1.807, 2.05) is 13.0 Å². The number of rotatable bonds is 7. The van der Waals surface area contributed by atoms with Gasteiger partial charge in [0.15, 0.2) is 0 Å². The van der Waals surface area contributed by atoms with Crippen LogP contribution in [0.1, 0.15) is 25.5 Å². The largest absolute Gasteiger partial charge is 0.469 e. The number of aryl methyl sites for hydroxylation is 1. The quantitative estimate of drug-likeness (QED) is 0.718. The van der Waals surface area contributed by atoms with E-state index in [2.05, 4.69) is 32.3 Å². The lowest BCUT2D eigenvalue weighted by Gasteiger charge is -2.08. The molecule has 1 heterocycles. The average molecular weight is 252 g/mol. The first kappa shape index (κ1) is 14.2. The van der Waals surface area contributed by atoms with E-state index < -0.39 is 0 Å². The van der Waals surface area contributed by atoms with Gasteiger partial charge in [0.2, 0.25) is 5.95 Å². The summed E-state index contributed by atoms with van der Waals surface area (Å²) in [5, 5.41) is 6.21. The molecule has 1 aromatic heterocycles. The second-order valence-electron chi connectivity index (χ2n) is 3.90. The summed E-state index contributed by atoms with van der Waals surface area (Å²) in [6, 6.07) is 1.84. The summed E-state index contributed by atoms with van der Waals surface area (Å²) < 4.78 is 4.56. The van der Waals surface area contributed by atoms with Crippen molar-refractivity contribution in [2.45, 2.75) is 26.7 Å². The summed E-state index contributed by atoms with van der Waals surface area (Å²) in [5.74, 6) is 1.08. The summed E-state index contributed by atoms with van der Waals surface area (Å²) >= 11 is 0. The standard InChI is InChI=1S/C12H20N4O2/c1-4-6-14-12-15-9(2)8-10(16-12)13-7-5-11(17)18-3/h8H,4-7H2,1-3H3,(H2,13,14,15,16). The van der Waals surface area contributed by atoms with E-state index in [1.54, 1.807) is 0 Å². The molecule has 6 heteroatoms. The van der Waals surface area contributed by atoms with Gasteiger partial charge in [-0.25, -0.2) is 4.98 Å². The molecular weight excluding hydrogens is 232 g/mol. The van der Waals surface area contributed by atoms with Crippen LogP contribution in [-0.2, 0) is 9.53 Å². The Morgan fingerprint density at radius 3 is 2.78 bits per heavy atom. The van der Waals surface area contributed by atoms with Crippen LogP contribution in [0.3, 0.4) is 0 Å². The molecule has 0 amide bonds. The number of nitrogens with zero attached hydrogens (tertiary/aromatic N) is 2. The number of nitrogens with one attached hydrogen (secondary N) is 2. The van der Waals surface area contributed by atoms with Crippen molar-refractivity contribution < 1.29 is 9.53 Å². The molecule has 0 fully saturated rings. The molecule has 1 aromatic rings. The summed E-state index contributed by atoms with van der Waals surface area (Å²) in [5.41, 5.74) is 0.879. The van der Waals surface area contributed by atoms with Crippen molar-refractivity contribution >= 4 is 17.7 Å². The lowest BCUT2D eigenvalue weighted by molar-refractivity contribution is -0.140. The fourth-order valence-corrected chi connectivity index (χ4v) is 1.37. The topological polar surface area (TPSA) is 76.1 Å². The van der Waals surface area contributed by atoms with E-state index >= 15 is 0 Å². The average Bonchev–Trinajstić information content (AvgIpc) is 2.35. The van der Waals surface area contributed by atoms with Crippen molar-refractivity contribution in [3.8, 4) is 0 Å². The van der Waals surface area contributed by atoms with Gasteiger partial charge in [0.05, 0.1) is 13.5 Å². The number of anilines is 2. The molecule has 18 heavy (non-hydrogen) atoms. The van der Waals surface area contributed by atoms with Crippen LogP contribution in [-0.4, -0.2) is 36.1 Å². The van der Waals surface area contributed by atoms with Gasteiger partial charge in [-0.05, 0) is 13.3 Å². The summed E-state index contributed by atoms with van der Waals surface area (Å²) in [7, 11) is 1.38. The number of hydrogen-bond acceptors (Lipinski definition) is 6.